The minimum atomic E-state index is -4.25. The second-order valence-electron chi connectivity index (χ2n) is 6.04. The van der Waals surface area contributed by atoms with Crippen molar-refractivity contribution < 1.29 is 36.3 Å². The molecule has 1 aromatic carbocycles. The van der Waals surface area contributed by atoms with Crippen molar-refractivity contribution in [1.29, 1.82) is 0 Å². The monoisotopic (exact) mass is 454 g/mol. The van der Waals surface area contributed by atoms with Crippen LogP contribution in [0.3, 0.4) is 0 Å². The third-order valence-electron chi connectivity index (χ3n) is 4.04. The average molecular weight is 455 g/mol. The van der Waals surface area contributed by atoms with Crippen molar-refractivity contribution in [2.45, 2.75) is 58.9 Å². The summed E-state index contributed by atoms with van der Waals surface area (Å²) in [7, 11) is 0. The van der Waals surface area contributed by atoms with Crippen molar-refractivity contribution in [3.8, 4) is 17.0 Å². The van der Waals surface area contributed by atoms with Crippen LogP contribution in [0.2, 0.25) is 5.02 Å². The van der Waals surface area contributed by atoms with Gasteiger partial charge in [-0.25, -0.2) is 0 Å². The molecule has 2 aromatic rings. The van der Waals surface area contributed by atoms with Crippen LogP contribution in [0.15, 0.2) is 18.2 Å². The molecule has 1 aromatic heterocycles. The van der Waals surface area contributed by atoms with Crippen LogP contribution >= 0.6 is 11.6 Å². The van der Waals surface area contributed by atoms with Crippen LogP contribution in [0.4, 0.5) is 22.0 Å². The number of hydrogen-bond acceptors (Lipinski definition) is 4. The summed E-state index contributed by atoms with van der Waals surface area (Å²) in [6.45, 7) is 1.11. The lowest BCUT2D eigenvalue weighted by Gasteiger charge is -2.14. The van der Waals surface area contributed by atoms with Crippen molar-refractivity contribution in [3.05, 3.63) is 34.5 Å². The summed E-state index contributed by atoms with van der Waals surface area (Å²) >= 11 is 6.37. The van der Waals surface area contributed by atoms with Gasteiger partial charge in [-0.15, -0.1) is 0 Å². The summed E-state index contributed by atoms with van der Waals surface area (Å²) in [4.78, 5) is 16.2. The van der Waals surface area contributed by atoms with E-state index >= 15 is 0 Å². The highest BCUT2D eigenvalue weighted by molar-refractivity contribution is 6.33. The highest BCUT2D eigenvalue weighted by atomic mass is 35.5. The summed E-state index contributed by atoms with van der Waals surface area (Å²) < 4.78 is 68.9. The van der Waals surface area contributed by atoms with E-state index in [1.54, 1.807) is 10.7 Å². The fourth-order valence-electron chi connectivity index (χ4n) is 2.81. The van der Waals surface area contributed by atoms with Crippen LogP contribution in [0, 0.1) is 0 Å². The first kappa shape index (κ1) is 25.6. The molecule has 0 amide bonds. The van der Waals surface area contributed by atoms with Gasteiger partial charge < -0.3 is 4.74 Å². The Labute approximate surface area is 174 Å². The van der Waals surface area contributed by atoms with E-state index < -0.39 is 19.2 Å². The van der Waals surface area contributed by atoms with Gasteiger partial charge in [0.25, 0.3) is 0 Å². The number of carbonyl (C=O) groups excluding carboxylic acids is 2. The summed E-state index contributed by atoms with van der Waals surface area (Å²) in [6.07, 6.45) is -4.40. The maximum atomic E-state index is 12.9. The van der Waals surface area contributed by atoms with Gasteiger partial charge in [0.15, 0.2) is 0 Å². The van der Waals surface area contributed by atoms with E-state index in [-0.39, 0.29) is 24.7 Å². The molecule has 1 heterocycles. The third kappa shape index (κ3) is 7.42. The first-order valence-corrected chi connectivity index (χ1v) is 9.34. The minimum Gasteiger partial charge on any atom is -0.434 e. The number of aryl methyl sites for hydroxylation is 3. The Bertz CT molecular complexity index is 863. The largest absolute Gasteiger partial charge is 0.434 e. The number of hydrogen-bond donors (Lipinski definition) is 0. The number of benzene rings is 1. The Hall–Kier alpha value is -2.45. The second kappa shape index (κ2) is 11.7. The van der Waals surface area contributed by atoms with Crippen LogP contribution in [-0.2, 0) is 29.0 Å². The molecule has 0 spiro atoms. The first-order chi connectivity index (χ1) is 14.1. The van der Waals surface area contributed by atoms with Crippen molar-refractivity contribution in [2.75, 3.05) is 0 Å². The maximum Gasteiger partial charge on any atom is 0.389 e. The lowest BCUT2D eigenvalue weighted by Crippen LogP contribution is -2.08. The van der Waals surface area contributed by atoms with Gasteiger partial charge in [-0.05, 0) is 43.9 Å². The molecule has 5 nitrogen and oxygen atoms in total. The Morgan fingerprint density at radius 3 is 2.37 bits per heavy atom. The number of alkyl halides is 5. The molecule has 0 bridgehead atoms. The second-order valence-corrected chi connectivity index (χ2v) is 6.42. The van der Waals surface area contributed by atoms with E-state index in [1.165, 1.54) is 12.1 Å². The summed E-state index contributed by atoms with van der Waals surface area (Å²) in [5.41, 5.74) is 1.89. The molecule has 0 fully saturated rings. The molecule has 166 valence electrons. The molecule has 0 unspecified atom stereocenters. The first-order valence-electron chi connectivity index (χ1n) is 8.97. The van der Waals surface area contributed by atoms with E-state index in [1.807, 2.05) is 13.8 Å². The number of aromatic nitrogens is 2. The highest BCUT2D eigenvalue weighted by Gasteiger charge is 2.26. The van der Waals surface area contributed by atoms with Crippen molar-refractivity contribution in [1.82, 2.24) is 9.78 Å². The van der Waals surface area contributed by atoms with Gasteiger partial charge in [-0.2, -0.15) is 36.6 Å². The fourth-order valence-corrected chi connectivity index (χ4v) is 3.18. The SMILES string of the molecule is CCc1nn(CC)c(-c2ccc(CCCC(F)(F)F)cc2OC(F)F)c1Cl.O=C=O. The quantitative estimate of drug-likeness (QED) is 0.481. The van der Waals surface area contributed by atoms with Gasteiger partial charge in [0.2, 0.25) is 0 Å². The van der Waals surface area contributed by atoms with Gasteiger partial charge >= 0.3 is 18.9 Å². The topological polar surface area (TPSA) is 61.2 Å². The van der Waals surface area contributed by atoms with E-state index in [0.717, 1.165) is 0 Å². The van der Waals surface area contributed by atoms with Crippen LogP contribution in [0.25, 0.3) is 11.3 Å². The Balaban J connectivity index is 0.00000141. The Morgan fingerprint density at radius 1 is 1.23 bits per heavy atom. The molecule has 0 aliphatic carbocycles. The number of nitrogens with zero attached hydrogens (tertiary/aromatic N) is 2. The zero-order valence-electron chi connectivity index (χ0n) is 16.2. The highest BCUT2D eigenvalue weighted by Crippen LogP contribution is 2.38. The van der Waals surface area contributed by atoms with Crippen molar-refractivity contribution >= 4 is 17.8 Å². The van der Waals surface area contributed by atoms with Gasteiger partial charge in [-0.3, -0.25) is 4.68 Å². The molecule has 0 aliphatic rings. The predicted molar refractivity (Wildman–Crippen MR) is 98.4 cm³/mol. The van der Waals surface area contributed by atoms with Gasteiger partial charge in [0.05, 0.1) is 16.4 Å². The lowest BCUT2D eigenvalue weighted by atomic mass is 10.0. The van der Waals surface area contributed by atoms with E-state index in [4.69, 9.17) is 21.2 Å². The maximum absolute atomic E-state index is 12.9. The zero-order chi connectivity index (χ0) is 22.9. The standard InChI is InChI=1S/C18H20ClF5N2O.CO2/c1-3-13-15(19)16(26(4-2)25-13)12-8-7-11(6-5-9-18(22,23)24)10-14(12)27-17(20)21;2-1-3/h7-8,10,17H,3-6,9H2,1-2H3;. The average Bonchev–Trinajstić information content (AvgIpc) is 2.97. The Morgan fingerprint density at radius 2 is 1.87 bits per heavy atom. The Kier molecular flexibility index (Phi) is 9.95. The molecule has 11 heteroatoms. The van der Waals surface area contributed by atoms with Gasteiger partial charge in [0, 0.05) is 18.5 Å². The molecule has 2 rings (SSSR count). The summed E-state index contributed by atoms with van der Waals surface area (Å²) in [5, 5.41) is 4.71. The smallest absolute Gasteiger partial charge is 0.389 e. The number of rotatable bonds is 8. The molecule has 0 saturated heterocycles. The lowest BCUT2D eigenvalue weighted by molar-refractivity contribution is -0.191. The van der Waals surface area contributed by atoms with Crippen molar-refractivity contribution in [2.24, 2.45) is 0 Å². The van der Waals surface area contributed by atoms with Gasteiger partial charge in [0.1, 0.15) is 5.75 Å². The molecule has 30 heavy (non-hydrogen) atoms. The summed E-state index contributed by atoms with van der Waals surface area (Å²) in [6, 6.07) is 4.47. The van der Waals surface area contributed by atoms with Gasteiger partial charge in [-0.1, -0.05) is 24.6 Å². The van der Waals surface area contributed by atoms with E-state index in [9.17, 15) is 22.0 Å². The van der Waals surface area contributed by atoms with Crippen LogP contribution in [-0.4, -0.2) is 28.7 Å². The van der Waals surface area contributed by atoms with E-state index in [0.29, 0.717) is 40.5 Å². The van der Waals surface area contributed by atoms with Crippen LogP contribution in [0.1, 0.15) is 37.9 Å². The molecule has 0 N–H and O–H groups in total. The van der Waals surface area contributed by atoms with Crippen LogP contribution in [0.5, 0.6) is 5.75 Å². The van der Waals surface area contributed by atoms with Crippen molar-refractivity contribution in [3.63, 3.8) is 0 Å². The van der Waals surface area contributed by atoms with E-state index in [2.05, 4.69) is 9.84 Å². The number of ether oxygens (including phenoxy) is 1. The number of halogens is 6. The summed E-state index contributed by atoms with van der Waals surface area (Å²) in [5.74, 6) is -0.131. The predicted octanol–water partition coefficient (Wildman–Crippen LogP) is 5.69. The zero-order valence-corrected chi connectivity index (χ0v) is 17.0. The molecule has 0 aliphatic heterocycles. The fraction of sp³-hybridized carbons (Fsp3) is 0.474. The molecule has 0 radical (unpaired) electrons. The normalized spacial score (nSPS) is 11.1. The minimum absolute atomic E-state index is 0.0976. The molecule has 0 saturated carbocycles. The third-order valence-corrected chi connectivity index (χ3v) is 4.44. The molecular formula is C19H20ClF5N2O3. The molecule has 0 atom stereocenters. The molecular weight excluding hydrogens is 435 g/mol. The van der Waals surface area contributed by atoms with Crippen LogP contribution < -0.4 is 4.74 Å².